The van der Waals surface area contributed by atoms with E-state index in [4.69, 9.17) is 5.73 Å². The largest absolute Gasteiger partial charge is 0.322 e. The summed E-state index contributed by atoms with van der Waals surface area (Å²) in [4.78, 5) is 0. The topological polar surface area (TPSA) is 43.8 Å². The standard InChI is InChI=1S/C16H22FN3/c1-4-14-10-15(5-2)20(19-14)11(3)16(18)12-6-8-13(17)9-7-12/h6-11,16H,4-5,18H2,1-3H3. The van der Waals surface area contributed by atoms with Gasteiger partial charge in [-0.3, -0.25) is 4.68 Å². The van der Waals surface area contributed by atoms with Gasteiger partial charge in [-0.2, -0.15) is 5.10 Å². The van der Waals surface area contributed by atoms with Crippen molar-refractivity contribution in [3.8, 4) is 0 Å². The molecule has 0 amide bonds. The summed E-state index contributed by atoms with van der Waals surface area (Å²) < 4.78 is 15.0. The second-order valence-electron chi connectivity index (χ2n) is 5.10. The van der Waals surface area contributed by atoms with Gasteiger partial charge in [-0.05, 0) is 43.5 Å². The van der Waals surface area contributed by atoms with Crippen LogP contribution in [-0.2, 0) is 12.8 Å². The minimum Gasteiger partial charge on any atom is -0.322 e. The molecule has 0 bridgehead atoms. The Bertz CT molecular complexity index is 560. The van der Waals surface area contributed by atoms with Crippen molar-refractivity contribution < 1.29 is 4.39 Å². The van der Waals surface area contributed by atoms with Gasteiger partial charge >= 0.3 is 0 Å². The van der Waals surface area contributed by atoms with Gasteiger partial charge in [-0.15, -0.1) is 0 Å². The number of halogens is 1. The van der Waals surface area contributed by atoms with Crippen LogP contribution in [0.2, 0.25) is 0 Å². The van der Waals surface area contributed by atoms with E-state index in [1.807, 2.05) is 4.68 Å². The number of hydrogen-bond donors (Lipinski definition) is 1. The first-order chi connectivity index (χ1) is 9.56. The van der Waals surface area contributed by atoms with Crippen molar-refractivity contribution in [3.05, 3.63) is 53.1 Å². The average molecular weight is 275 g/mol. The second kappa shape index (κ2) is 6.18. The van der Waals surface area contributed by atoms with Crippen LogP contribution in [0, 0.1) is 5.82 Å². The van der Waals surface area contributed by atoms with Crippen molar-refractivity contribution >= 4 is 0 Å². The number of nitrogens with two attached hydrogens (primary N) is 1. The molecule has 0 saturated carbocycles. The van der Waals surface area contributed by atoms with Crippen molar-refractivity contribution in [1.82, 2.24) is 9.78 Å². The lowest BCUT2D eigenvalue weighted by molar-refractivity contribution is 0.401. The highest BCUT2D eigenvalue weighted by Gasteiger charge is 2.20. The maximum Gasteiger partial charge on any atom is 0.123 e. The zero-order chi connectivity index (χ0) is 14.7. The van der Waals surface area contributed by atoms with Gasteiger partial charge in [0.1, 0.15) is 5.82 Å². The Hall–Kier alpha value is -1.68. The molecule has 1 heterocycles. The molecule has 0 aliphatic heterocycles. The van der Waals surface area contributed by atoms with E-state index in [1.165, 1.54) is 17.8 Å². The molecule has 2 rings (SSSR count). The van der Waals surface area contributed by atoms with Gasteiger partial charge in [-0.25, -0.2) is 4.39 Å². The zero-order valence-corrected chi connectivity index (χ0v) is 12.3. The van der Waals surface area contributed by atoms with E-state index < -0.39 is 0 Å². The van der Waals surface area contributed by atoms with Crippen molar-refractivity contribution in [2.24, 2.45) is 5.73 Å². The van der Waals surface area contributed by atoms with Crippen molar-refractivity contribution in [2.45, 2.75) is 45.7 Å². The van der Waals surface area contributed by atoms with Crippen LogP contribution in [0.4, 0.5) is 4.39 Å². The smallest absolute Gasteiger partial charge is 0.123 e. The Morgan fingerprint density at radius 3 is 2.40 bits per heavy atom. The van der Waals surface area contributed by atoms with E-state index in [0.29, 0.717) is 0 Å². The molecule has 0 spiro atoms. The van der Waals surface area contributed by atoms with Crippen LogP contribution >= 0.6 is 0 Å². The lowest BCUT2D eigenvalue weighted by Gasteiger charge is -2.22. The second-order valence-corrected chi connectivity index (χ2v) is 5.10. The number of benzene rings is 1. The Kier molecular flexibility index (Phi) is 4.55. The van der Waals surface area contributed by atoms with E-state index in [0.717, 1.165) is 24.1 Å². The van der Waals surface area contributed by atoms with Gasteiger partial charge in [0.05, 0.1) is 17.8 Å². The zero-order valence-electron chi connectivity index (χ0n) is 12.3. The SMILES string of the molecule is CCc1cc(CC)n(C(C)C(N)c2ccc(F)cc2)n1. The number of aromatic nitrogens is 2. The third kappa shape index (κ3) is 2.90. The fourth-order valence-corrected chi connectivity index (χ4v) is 2.40. The van der Waals surface area contributed by atoms with Gasteiger partial charge in [0.15, 0.2) is 0 Å². The Morgan fingerprint density at radius 2 is 1.85 bits per heavy atom. The molecule has 0 aliphatic carbocycles. The van der Waals surface area contributed by atoms with Gasteiger partial charge in [0, 0.05) is 5.69 Å². The van der Waals surface area contributed by atoms with Crippen LogP contribution in [-0.4, -0.2) is 9.78 Å². The van der Waals surface area contributed by atoms with Crippen LogP contribution in [0.15, 0.2) is 30.3 Å². The monoisotopic (exact) mass is 275 g/mol. The fraction of sp³-hybridized carbons (Fsp3) is 0.438. The molecule has 1 aromatic heterocycles. The first-order valence-electron chi connectivity index (χ1n) is 7.15. The van der Waals surface area contributed by atoms with Gasteiger partial charge < -0.3 is 5.73 Å². The third-order valence-corrected chi connectivity index (χ3v) is 3.75. The molecule has 2 unspecified atom stereocenters. The first-order valence-corrected chi connectivity index (χ1v) is 7.15. The highest BCUT2D eigenvalue weighted by molar-refractivity contribution is 5.21. The van der Waals surface area contributed by atoms with Crippen LogP contribution in [0.5, 0.6) is 0 Å². The summed E-state index contributed by atoms with van der Waals surface area (Å²) in [5.74, 6) is -0.241. The van der Waals surface area contributed by atoms with Crippen LogP contribution in [0.25, 0.3) is 0 Å². The number of aryl methyl sites for hydroxylation is 2. The highest BCUT2D eigenvalue weighted by Crippen LogP contribution is 2.25. The lowest BCUT2D eigenvalue weighted by Crippen LogP contribution is -2.24. The predicted molar refractivity (Wildman–Crippen MR) is 79.0 cm³/mol. The molecule has 0 radical (unpaired) electrons. The van der Waals surface area contributed by atoms with E-state index in [2.05, 4.69) is 31.9 Å². The van der Waals surface area contributed by atoms with Crippen molar-refractivity contribution in [2.75, 3.05) is 0 Å². The average Bonchev–Trinajstić information content (AvgIpc) is 2.90. The fourth-order valence-electron chi connectivity index (χ4n) is 2.40. The first kappa shape index (κ1) is 14.7. The summed E-state index contributed by atoms with van der Waals surface area (Å²) in [5, 5.41) is 4.63. The Morgan fingerprint density at radius 1 is 1.20 bits per heavy atom. The van der Waals surface area contributed by atoms with E-state index in [-0.39, 0.29) is 17.9 Å². The molecule has 1 aromatic carbocycles. The van der Waals surface area contributed by atoms with Crippen LogP contribution in [0.3, 0.4) is 0 Å². The van der Waals surface area contributed by atoms with Crippen molar-refractivity contribution in [1.29, 1.82) is 0 Å². The lowest BCUT2D eigenvalue weighted by atomic mass is 10.0. The molecule has 0 aliphatic rings. The summed E-state index contributed by atoms with van der Waals surface area (Å²) in [6.07, 6.45) is 1.84. The maximum atomic E-state index is 13.0. The number of rotatable bonds is 5. The summed E-state index contributed by atoms with van der Waals surface area (Å²) in [5.41, 5.74) is 9.51. The molecule has 4 heteroatoms. The third-order valence-electron chi connectivity index (χ3n) is 3.75. The molecule has 2 atom stereocenters. The van der Waals surface area contributed by atoms with Crippen molar-refractivity contribution in [3.63, 3.8) is 0 Å². The minimum absolute atomic E-state index is 0.0377. The van der Waals surface area contributed by atoms with Gasteiger partial charge in [-0.1, -0.05) is 26.0 Å². The molecule has 0 fully saturated rings. The minimum atomic E-state index is -0.241. The van der Waals surface area contributed by atoms with E-state index in [9.17, 15) is 4.39 Å². The van der Waals surface area contributed by atoms with Crippen LogP contribution in [0.1, 0.15) is 49.8 Å². The normalized spacial score (nSPS) is 14.2. The maximum absolute atomic E-state index is 13.0. The summed E-state index contributed by atoms with van der Waals surface area (Å²) >= 11 is 0. The molecule has 2 aromatic rings. The summed E-state index contributed by atoms with van der Waals surface area (Å²) in [6.45, 7) is 6.26. The van der Waals surface area contributed by atoms with Gasteiger partial charge in [0.25, 0.3) is 0 Å². The summed E-state index contributed by atoms with van der Waals surface area (Å²) in [7, 11) is 0. The Balaban J connectivity index is 2.27. The molecule has 20 heavy (non-hydrogen) atoms. The number of nitrogens with zero attached hydrogens (tertiary/aromatic N) is 2. The molecule has 2 N–H and O–H groups in total. The van der Waals surface area contributed by atoms with E-state index in [1.54, 1.807) is 12.1 Å². The van der Waals surface area contributed by atoms with Gasteiger partial charge in [0.2, 0.25) is 0 Å². The van der Waals surface area contributed by atoms with E-state index >= 15 is 0 Å². The molecule has 0 saturated heterocycles. The van der Waals surface area contributed by atoms with Crippen LogP contribution < -0.4 is 5.73 Å². The summed E-state index contributed by atoms with van der Waals surface area (Å²) in [6, 6.07) is 8.35. The Labute approximate surface area is 119 Å². The quantitative estimate of drug-likeness (QED) is 0.908. The molecular weight excluding hydrogens is 253 g/mol. The molecule has 108 valence electrons. The predicted octanol–water partition coefficient (Wildman–Crippen LogP) is 3.41. The number of hydrogen-bond acceptors (Lipinski definition) is 2. The molecular formula is C16H22FN3. The highest BCUT2D eigenvalue weighted by atomic mass is 19.1. The molecule has 3 nitrogen and oxygen atoms in total.